The second-order valence-corrected chi connectivity index (χ2v) is 5.89. The van der Waals surface area contributed by atoms with Crippen LogP contribution in [0.3, 0.4) is 0 Å². The van der Waals surface area contributed by atoms with Crippen LogP contribution in [-0.4, -0.2) is 44.1 Å². The zero-order valence-electron chi connectivity index (χ0n) is 14.1. The number of hydrogen-bond donors (Lipinski definition) is 2. The summed E-state index contributed by atoms with van der Waals surface area (Å²) in [5, 5.41) is 3.10. The number of benzene rings is 1. The first-order valence-corrected chi connectivity index (χ1v) is 8.10. The van der Waals surface area contributed by atoms with Crippen molar-refractivity contribution in [3.8, 4) is 5.75 Å². The quantitative estimate of drug-likeness (QED) is 0.412. The third kappa shape index (κ3) is 6.95. The number of nitrogens with one attached hydrogen (secondary N) is 1. The number of likely N-dealkylation sites (N-methyl/N-ethyl adjacent to an activating group) is 1. The van der Waals surface area contributed by atoms with E-state index < -0.39 is 0 Å². The van der Waals surface area contributed by atoms with Crippen molar-refractivity contribution in [1.82, 2.24) is 4.90 Å². The number of methoxy groups -OCH3 is 1. The Hall–Kier alpha value is -1.02. The molecule has 1 aromatic rings. The van der Waals surface area contributed by atoms with E-state index in [0.29, 0.717) is 5.96 Å². The van der Waals surface area contributed by atoms with E-state index in [-0.39, 0.29) is 24.0 Å². The van der Waals surface area contributed by atoms with Crippen molar-refractivity contribution in [2.45, 2.75) is 38.1 Å². The summed E-state index contributed by atoms with van der Waals surface area (Å²) < 4.78 is 5.13. The van der Waals surface area contributed by atoms with Gasteiger partial charge in [-0.15, -0.1) is 24.0 Å². The molecule has 0 heterocycles. The second kappa shape index (κ2) is 10.7. The maximum absolute atomic E-state index is 5.93. The molecular weight excluding hydrogens is 403 g/mol. The second-order valence-electron chi connectivity index (χ2n) is 5.89. The zero-order chi connectivity index (χ0) is 15.8. The van der Waals surface area contributed by atoms with Crippen LogP contribution in [0, 0.1) is 0 Å². The van der Waals surface area contributed by atoms with Crippen molar-refractivity contribution in [2.75, 3.05) is 32.6 Å². The SMILES string of the molecule is COc1ccc(NC(N)=NCCN(C)C2CCCCC2)cc1.I. The van der Waals surface area contributed by atoms with Crippen molar-refractivity contribution in [3.63, 3.8) is 0 Å². The molecule has 1 fully saturated rings. The van der Waals surface area contributed by atoms with E-state index in [1.54, 1.807) is 7.11 Å². The summed E-state index contributed by atoms with van der Waals surface area (Å²) >= 11 is 0. The number of rotatable bonds is 6. The number of aliphatic imine (C=N–C) groups is 1. The molecule has 0 unspecified atom stereocenters. The molecule has 1 aromatic carbocycles. The van der Waals surface area contributed by atoms with Gasteiger partial charge in [-0.1, -0.05) is 19.3 Å². The van der Waals surface area contributed by atoms with Gasteiger partial charge in [0.2, 0.25) is 0 Å². The predicted molar refractivity (Wildman–Crippen MR) is 108 cm³/mol. The van der Waals surface area contributed by atoms with Crippen molar-refractivity contribution >= 4 is 35.6 Å². The summed E-state index contributed by atoms with van der Waals surface area (Å²) in [6.45, 7) is 1.68. The molecule has 23 heavy (non-hydrogen) atoms. The molecule has 1 aliphatic rings. The number of anilines is 1. The monoisotopic (exact) mass is 432 g/mol. The lowest BCUT2D eigenvalue weighted by molar-refractivity contribution is 0.196. The molecule has 130 valence electrons. The fourth-order valence-electron chi connectivity index (χ4n) is 2.89. The van der Waals surface area contributed by atoms with Gasteiger partial charge in [0.25, 0.3) is 0 Å². The molecule has 0 atom stereocenters. The molecule has 1 aliphatic carbocycles. The highest BCUT2D eigenvalue weighted by Gasteiger charge is 2.17. The topological polar surface area (TPSA) is 62.9 Å². The average molecular weight is 432 g/mol. The standard InChI is InChI=1S/C17H28N4O.HI/c1-21(15-6-4-3-5-7-15)13-12-19-17(18)20-14-8-10-16(22-2)11-9-14;/h8-11,15H,3-7,12-13H2,1-2H3,(H3,18,19,20);1H. The lowest BCUT2D eigenvalue weighted by Crippen LogP contribution is -2.35. The molecule has 0 radical (unpaired) electrons. The zero-order valence-corrected chi connectivity index (χ0v) is 16.5. The van der Waals surface area contributed by atoms with Gasteiger partial charge in [0.15, 0.2) is 5.96 Å². The van der Waals surface area contributed by atoms with Crippen LogP contribution in [-0.2, 0) is 0 Å². The first-order chi connectivity index (χ1) is 10.7. The van der Waals surface area contributed by atoms with Crippen LogP contribution in [0.4, 0.5) is 5.69 Å². The van der Waals surface area contributed by atoms with E-state index >= 15 is 0 Å². The van der Waals surface area contributed by atoms with Gasteiger partial charge in [0.1, 0.15) is 5.75 Å². The lowest BCUT2D eigenvalue weighted by atomic mass is 9.94. The minimum atomic E-state index is 0. The minimum Gasteiger partial charge on any atom is -0.497 e. The maximum Gasteiger partial charge on any atom is 0.193 e. The van der Waals surface area contributed by atoms with Gasteiger partial charge in [-0.3, -0.25) is 4.99 Å². The third-order valence-corrected chi connectivity index (χ3v) is 4.30. The van der Waals surface area contributed by atoms with Crippen molar-refractivity contribution in [3.05, 3.63) is 24.3 Å². The van der Waals surface area contributed by atoms with Crippen LogP contribution in [0.5, 0.6) is 5.75 Å². The van der Waals surface area contributed by atoms with E-state index in [9.17, 15) is 0 Å². The Morgan fingerprint density at radius 2 is 1.91 bits per heavy atom. The first-order valence-electron chi connectivity index (χ1n) is 8.10. The molecule has 5 nitrogen and oxygen atoms in total. The van der Waals surface area contributed by atoms with Crippen molar-refractivity contribution in [1.29, 1.82) is 0 Å². The van der Waals surface area contributed by atoms with E-state index in [0.717, 1.165) is 30.6 Å². The van der Waals surface area contributed by atoms with Crippen LogP contribution >= 0.6 is 24.0 Å². The van der Waals surface area contributed by atoms with Gasteiger partial charge in [0, 0.05) is 18.3 Å². The molecule has 1 saturated carbocycles. The molecule has 0 bridgehead atoms. The fraction of sp³-hybridized carbons (Fsp3) is 0.588. The summed E-state index contributed by atoms with van der Waals surface area (Å²) in [6.07, 6.45) is 6.75. The number of halogens is 1. The minimum absolute atomic E-state index is 0. The van der Waals surface area contributed by atoms with Crippen LogP contribution in [0.2, 0.25) is 0 Å². The normalized spacial score (nSPS) is 16.0. The van der Waals surface area contributed by atoms with Gasteiger partial charge in [0.05, 0.1) is 13.7 Å². The Balaban J connectivity index is 0.00000264. The van der Waals surface area contributed by atoms with Crippen molar-refractivity contribution in [2.24, 2.45) is 10.7 Å². The highest BCUT2D eigenvalue weighted by atomic mass is 127. The smallest absolute Gasteiger partial charge is 0.193 e. The summed E-state index contributed by atoms with van der Waals surface area (Å²) in [7, 11) is 3.85. The summed E-state index contributed by atoms with van der Waals surface area (Å²) in [6, 6.07) is 8.36. The molecule has 3 N–H and O–H groups in total. The van der Waals surface area contributed by atoms with Gasteiger partial charge >= 0.3 is 0 Å². The molecule has 0 aliphatic heterocycles. The molecule has 0 spiro atoms. The number of hydrogen-bond acceptors (Lipinski definition) is 3. The van der Waals surface area contributed by atoms with Crippen LogP contribution in [0.1, 0.15) is 32.1 Å². The Bertz CT molecular complexity index is 472. The molecule has 6 heteroatoms. The molecular formula is C17H29IN4O. The van der Waals surface area contributed by atoms with E-state index in [1.807, 2.05) is 24.3 Å². The molecule has 0 saturated heterocycles. The molecule has 2 rings (SSSR count). The number of nitrogens with zero attached hydrogens (tertiary/aromatic N) is 2. The Morgan fingerprint density at radius 3 is 2.52 bits per heavy atom. The predicted octanol–water partition coefficient (Wildman–Crippen LogP) is 3.30. The van der Waals surface area contributed by atoms with Gasteiger partial charge in [-0.25, -0.2) is 0 Å². The van der Waals surface area contributed by atoms with Crippen molar-refractivity contribution < 1.29 is 4.74 Å². The van der Waals surface area contributed by atoms with Crippen LogP contribution < -0.4 is 15.8 Å². The number of nitrogens with two attached hydrogens (primary N) is 1. The lowest BCUT2D eigenvalue weighted by Gasteiger charge is -2.30. The first kappa shape index (κ1) is 20.0. The van der Waals surface area contributed by atoms with Gasteiger partial charge in [-0.2, -0.15) is 0 Å². The Morgan fingerprint density at radius 1 is 1.26 bits per heavy atom. The average Bonchev–Trinajstić information content (AvgIpc) is 2.56. The van der Waals surface area contributed by atoms with Gasteiger partial charge < -0.3 is 20.7 Å². The third-order valence-electron chi connectivity index (χ3n) is 4.30. The Labute approximate surface area is 156 Å². The Kier molecular flexibility index (Phi) is 9.31. The van der Waals surface area contributed by atoms with E-state index in [4.69, 9.17) is 10.5 Å². The summed E-state index contributed by atoms with van der Waals surface area (Å²) in [4.78, 5) is 6.83. The van der Waals surface area contributed by atoms with Crippen LogP contribution in [0.25, 0.3) is 0 Å². The molecule has 0 amide bonds. The van der Waals surface area contributed by atoms with E-state index in [1.165, 1.54) is 32.1 Å². The largest absolute Gasteiger partial charge is 0.497 e. The summed E-state index contributed by atoms with van der Waals surface area (Å²) in [5.41, 5.74) is 6.85. The highest BCUT2D eigenvalue weighted by Crippen LogP contribution is 2.21. The number of ether oxygens (including phenoxy) is 1. The van der Waals surface area contributed by atoms with E-state index in [2.05, 4.69) is 22.3 Å². The number of guanidine groups is 1. The highest BCUT2D eigenvalue weighted by molar-refractivity contribution is 14.0. The van der Waals surface area contributed by atoms with Crippen LogP contribution in [0.15, 0.2) is 29.3 Å². The maximum atomic E-state index is 5.93. The fourth-order valence-corrected chi connectivity index (χ4v) is 2.89. The summed E-state index contributed by atoms with van der Waals surface area (Å²) in [5.74, 6) is 1.29. The van der Waals surface area contributed by atoms with Gasteiger partial charge in [-0.05, 0) is 44.2 Å². The molecule has 0 aromatic heterocycles.